The van der Waals surface area contributed by atoms with E-state index >= 15 is 0 Å². The molecule has 1 unspecified atom stereocenters. The number of aryl methyl sites for hydroxylation is 1. The standard InChI is InChI=1S/C16H22N2OS/c1-5-18-16(15-7-6-12(4)20-15)13-8-14(10-17-9-13)19-11(2)3/h6-11,16,18H,5H2,1-4H3. The Kier molecular flexibility index (Phi) is 5.15. The average molecular weight is 290 g/mol. The number of hydrogen-bond acceptors (Lipinski definition) is 4. The molecule has 0 saturated heterocycles. The smallest absolute Gasteiger partial charge is 0.138 e. The molecule has 3 nitrogen and oxygen atoms in total. The third-order valence-electron chi connectivity index (χ3n) is 2.89. The fourth-order valence-corrected chi connectivity index (χ4v) is 3.11. The van der Waals surface area contributed by atoms with Crippen molar-refractivity contribution in [3.63, 3.8) is 0 Å². The topological polar surface area (TPSA) is 34.2 Å². The maximum atomic E-state index is 5.74. The van der Waals surface area contributed by atoms with Gasteiger partial charge in [-0.25, -0.2) is 0 Å². The van der Waals surface area contributed by atoms with Gasteiger partial charge in [0.05, 0.1) is 18.3 Å². The molecule has 0 aliphatic heterocycles. The number of aromatic nitrogens is 1. The molecule has 1 N–H and O–H groups in total. The Morgan fingerprint density at radius 1 is 1.30 bits per heavy atom. The first kappa shape index (κ1) is 15.0. The molecule has 2 aromatic rings. The number of ether oxygens (including phenoxy) is 1. The van der Waals surface area contributed by atoms with Crippen molar-refractivity contribution >= 4 is 11.3 Å². The lowest BCUT2D eigenvalue weighted by atomic mass is 10.1. The van der Waals surface area contributed by atoms with Crippen LogP contribution in [0.1, 0.15) is 42.1 Å². The highest BCUT2D eigenvalue weighted by Gasteiger charge is 2.16. The van der Waals surface area contributed by atoms with Crippen molar-refractivity contribution in [3.05, 3.63) is 45.9 Å². The van der Waals surface area contributed by atoms with Gasteiger partial charge in [-0.3, -0.25) is 4.98 Å². The maximum absolute atomic E-state index is 5.74. The summed E-state index contributed by atoms with van der Waals surface area (Å²) in [5.41, 5.74) is 1.15. The Balaban J connectivity index is 2.29. The van der Waals surface area contributed by atoms with Gasteiger partial charge in [-0.05, 0) is 51.1 Å². The molecule has 0 aliphatic carbocycles. The van der Waals surface area contributed by atoms with Crippen LogP contribution in [0.3, 0.4) is 0 Å². The van der Waals surface area contributed by atoms with Crippen LogP contribution in [0.25, 0.3) is 0 Å². The number of hydrogen-bond donors (Lipinski definition) is 1. The summed E-state index contributed by atoms with van der Waals surface area (Å²) in [5, 5.41) is 3.52. The second-order valence-electron chi connectivity index (χ2n) is 5.06. The van der Waals surface area contributed by atoms with Gasteiger partial charge in [-0.1, -0.05) is 6.92 Å². The van der Waals surface area contributed by atoms with Gasteiger partial charge in [-0.2, -0.15) is 0 Å². The molecular weight excluding hydrogens is 268 g/mol. The molecule has 0 saturated carbocycles. The summed E-state index contributed by atoms with van der Waals surface area (Å²) in [6.07, 6.45) is 3.84. The number of thiophene rings is 1. The molecule has 4 heteroatoms. The Labute approximate surface area is 125 Å². The first-order chi connectivity index (χ1) is 9.60. The summed E-state index contributed by atoms with van der Waals surface area (Å²) in [6.45, 7) is 9.22. The van der Waals surface area contributed by atoms with Crippen molar-refractivity contribution in [1.29, 1.82) is 0 Å². The zero-order chi connectivity index (χ0) is 14.5. The van der Waals surface area contributed by atoms with Gasteiger partial charge in [-0.15, -0.1) is 11.3 Å². The van der Waals surface area contributed by atoms with Crippen molar-refractivity contribution in [2.45, 2.75) is 39.8 Å². The van der Waals surface area contributed by atoms with Crippen molar-refractivity contribution < 1.29 is 4.74 Å². The predicted molar refractivity (Wildman–Crippen MR) is 84.6 cm³/mol. The van der Waals surface area contributed by atoms with Crippen LogP contribution in [-0.4, -0.2) is 17.6 Å². The minimum absolute atomic E-state index is 0.161. The number of rotatable bonds is 6. The van der Waals surface area contributed by atoms with E-state index in [0.717, 1.165) is 17.9 Å². The van der Waals surface area contributed by atoms with Crippen LogP contribution < -0.4 is 10.1 Å². The summed E-state index contributed by atoms with van der Waals surface area (Å²) in [5.74, 6) is 0.827. The zero-order valence-corrected chi connectivity index (χ0v) is 13.3. The molecule has 0 fully saturated rings. The summed E-state index contributed by atoms with van der Waals surface area (Å²) in [4.78, 5) is 6.95. The van der Waals surface area contributed by atoms with Gasteiger partial charge >= 0.3 is 0 Å². The van der Waals surface area contributed by atoms with Crippen LogP contribution in [0.2, 0.25) is 0 Å². The fraction of sp³-hybridized carbons (Fsp3) is 0.438. The molecule has 0 aromatic carbocycles. The fourth-order valence-electron chi connectivity index (χ4n) is 2.13. The molecule has 108 valence electrons. The molecule has 2 heterocycles. The van der Waals surface area contributed by atoms with Crippen molar-refractivity contribution in [2.24, 2.45) is 0 Å². The van der Waals surface area contributed by atoms with Gasteiger partial charge in [0.25, 0.3) is 0 Å². The van der Waals surface area contributed by atoms with Gasteiger partial charge in [0.15, 0.2) is 0 Å². The Hall–Kier alpha value is -1.39. The van der Waals surface area contributed by atoms with Gasteiger partial charge in [0, 0.05) is 16.0 Å². The minimum Gasteiger partial charge on any atom is -0.489 e. The largest absolute Gasteiger partial charge is 0.489 e. The third-order valence-corrected chi connectivity index (χ3v) is 3.96. The van der Waals surface area contributed by atoms with Gasteiger partial charge in [0.2, 0.25) is 0 Å². The summed E-state index contributed by atoms with van der Waals surface area (Å²) < 4.78 is 5.74. The van der Waals surface area contributed by atoms with E-state index in [1.807, 2.05) is 31.4 Å². The second kappa shape index (κ2) is 6.86. The van der Waals surface area contributed by atoms with E-state index in [2.05, 4.69) is 42.3 Å². The van der Waals surface area contributed by atoms with Crippen LogP contribution in [-0.2, 0) is 0 Å². The number of pyridine rings is 1. The molecule has 0 spiro atoms. The predicted octanol–water partition coefficient (Wildman–Crippen LogP) is 3.94. The highest BCUT2D eigenvalue weighted by molar-refractivity contribution is 7.12. The molecule has 20 heavy (non-hydrogen) atoms. The zero-order valence-electron chi connectivity index (χ0n) is 12.5. The lowest BCUT2D eigenvalue weighted by Crippen LogP contribution is -2.21. The van der Waals surface area contributed by atoms with Crippen LogP contribution in [0.15, 0.2) is 30.6 Å². The molecule has 0 aliphatic rings. The van der Waals surface area contributed by atoms with Crippen LogP contribution in [0.5, 0.6) is 5.75 Å². The number of nitrogens with one attached hydrogen (secondary N) is 1. The van der Waals surface area contributed by atoms with E-state index in [-0.39, 0.29) is 12.1 Å². The lowest BCUT2D eigenvalue weighted by Gasteiger charge is -2.18. The Bertz CT molecular complexity index is 551. The van der Waals surface area contributed by atoms with Crippen LogP contribution in [0.4, 0.5) is 0 Å². The Morgan fingerprint density at radius 3 is 2.70 bits per heavy atom. The molecule has 0 bridgehead atoms. The first-order valence-corrected chi connectivity index (χ1v) is 7.83. The Morgan fingerprint density at radius 2 is 2.10 bits per heavy atom. The van der Waals surface area contributed by atoms with E-state index in [1.165, 1.54) is 9.75 Å². The first-order valence-electron chi connectivity index (χ1n) is 7.01. The summed E-state index contributed by atoms with van der Waals surface area (Å²) >= 11 is 1.82. The molecule has 2 aromatic heterocycles. The SMILES string of the molecule is CCNC(c1cncc(OC(C)C)c1)c1ccc(C)s1. The highest BCUT2D eigenvalue weighted by Crippen LogP contribution is 2.29. The number of nitrogens with zero attached hydrogens (tertiary/aromatic N) is 1. The molecule has 0 amide bonds. The summed E-state index contributed by atoms with van der Waals surface area (Å²) in [6, 6.07) is 6.60. The second-order valence-corrected chi connectivity index (χ2v) is 6.38. The van der Waals surface area contributed by atoms with Crippen molar-refractivity contribution in [3.8, 4) is 5.75 Å². The highest BCUT2D eigenvalue weighted by atomic mass is 32.1. The molecule has 2 rings (SSSR count). The third kappa shape index (κ3) is 3.81. The van der Waals surface area contributed by atoms with Gasteiger partial charge in [0.1, 0.15) is 5.75 Å². The van der Waals surface area contributed by atoms with Crippen molar-refractivity contribution in [1.82, 2.24) is 10.3 Å². The van der Waals surface area contributed by atoms with E-state index < -0.39 is 0 Å². The van der Waals surface area contributed by atoms with Gasteiger partial charge < -0.3 is 10.1 Å². The van der Waals surface area contributed by atoms with E-state index in [0.29, 0.717) is 0 Å². The van der Waals surface area contributed by atoms with Crippen molar-refractivity contribution in [2.75, 3.05) is 6.54 Å². The van der Waals surface area contributed by atoms with E-state index in [4.69, 9.17) is 4.74 Å². The molecule has 1 atom stereocenters. The van der Waals surface area contributed by atoms with E-state index in [9.17, 15) is 0 Å². The quantitative estimate of drug-likeness (QED) is 0.875. The van der Waals surface area contributed by atoms with E-state index in [1.54, 1.807) is 6.20 Å². The van der Waals surface area contributed by atoms with Crippen LogP contribution in [0, 0.1) is 6.92 Å². The molecule has 0 radical (unpaired) electrons. The minimum atomic E-state index is 0.161. The van der Waals surface area contributed by atoms with Crippen LogP contribution >= 0.6 is 11.3 Å². The lowest BCUT2D eigenvalue weighted by molar-refractivity contribution is 0.241. The monoisotopic (exact) mass is 290 g/mol. The summed E-state index contributed by atoms with van der Waals surface area (Å²) in [7, 11) is 0. The normalized spacial score (nSPS) is 12.7. The molecular formula is C16H22N2OS. The maximum Gasteiger partial charge on any atom is 0.138 e. The average Bonchev–Trinajstić information content (AvgIpc) is 2.82.